The Labute approximate surface area is 125 Å². The number of aromatic nitrogens is 2. The summed E-state index contributed by atoms with van der Waals surface area (Å²) in [5.74, 6) is 0.869. The van der Waals surface area contributed by atoms with Gasteiger partial charge in [-0.2, -0.15) is 0 Å². The summed E-state index contributed by atoms with van der Waals surface area (Å²) in [4.78, 5) is 22.8. The number of hydrogen-bond acceptors (Lipinski definition) is 5. The average molecular weight is 292 g/mol. The molecular formula is C15H24N4O2. The lowest BCUT2D eigenvalue weighted by atomic mass is 9.97. The Morgan fingerprint density at radius 3 is 3.05 bits per heavy atom. The Morgan fingerprint density at radius 1 is 1.48 bits per heavy atom. The molecule has 1 aromatic rings. The molecule has 2 rings (SSSR count). The lowest BCUT2D eigenvalue weighted by molar-refractivity contribution is -0.125. The van der Waals surface area contributed by atoms with Crippen LogP contribution in [0.3, 0.4) is 0 Å². The summed E-state index contributed by atoms with van der Waals surface area (Å²) in [6, 6.07) is 1.80. The molecule has 1 saturated heterocycles. The van der Waals surface area contributed by atoms with Crippen LogP contribution in [0, 0.1) is 5.92 Å². The summed E-state index contributed by atoms with van der Waals surface area (Å²) >= 11 is 0. The molecule has 2 heterocycles. The minimum Gasteiger partial charge on any atom is -0.382 e. The number of carbonyl (C=O) groups is 1. The van der Waals surface area contributed by atoms with Gasteiger partial charge in [0.1, 0.15) is 0 Å². The summed E-state index contributed by atoms with van der Waals surface area (Å²) < 4.78 is 5.26. The maximum Gasteiger partial charge on any atom is 0.225 e. The van der Waals surface area contributed by atoms with Crippen molar-refractivity contribution >= 4 is 11.9 Å². The third kappa shape index (κ3) is 4.97. The van der Waals surface area contributed by atoms with Crippen LogP contribution in [0.5, 0.6) is 0 Å². The Balaban J connectivity index is 1.76. The number of carbonyl (C=O) groups excluding carboxylic acids is 1. The number of anilines is 1. The number of nitrogens with one attached hydrogen (secondary N) is 1. The van der Waals surface area contributed by atoms with Crippen LogP contribution >= 0.6 is 0 Å². The molecule has 6 heteroatoms. The highest BCUT2D eigenvalue weighted by atomic mass is 16.5. The van der Waals surface area contributed by atoms with Gasteiger partial charge in [0.25, 0.3) is 0 Å². The number of piperidine rings is 1. The van der Waals surface area contributed by atoms with Crippen molar-refractivity contribution in [1.82, 2.24) is 15.3 Å². The van der Waals surface area contributed by atoms with Gasteiger partial charge in [0.05, 0.1) is 5.92 Å². The quantitative estimate of drug-likeness (QED) is 0.766. The highest BCUT2D eigenvalue weighted by Gasteiger charge is 2.26. The monoisotopic (exact) mass is 292 g/mol. The first-order valence-electron chi connectivity index (χ1n) is 7.68. The molecule has 1 amide bonds. The van der Waals surface area contributed by atoms with Crippen LogP contribution in [-0.4, -0.2) is 48.7 Å². The molecule has 0 spiro atoms. The predicted octanol–water partition coefficient (Wildman–Crippen LogP) is 1.24. The molecule has 1 aliphatic rings. The van der Waals surface area contributed by atoms with Crippen LogP contribution in [0.4, 0.5) is 5.95 Å². The Morgan fingerprint density at radius 2 is 2.29 bits per heavy atom. The van der Waals surface area contributed by atoms with Gasteiger partial charge in [-0.15, -0.1) is 0 Å². The van der Waals surface area contributed by atoms with Gasteiger partial charge in [-0.05, 0) is 32.3 Å². The SMILES string of the molecule is CCOCCCNC(=O)[C@H]1CCCN(c2ncccn2)C1. The van der Waals surface area contributed by atoms with Crippen molar-refractivity contribution in [2.24, 2.45) is 5.92 Å². The Bertz CT molecular complexity index is 427. The second-order valence-electron chi connectivity index (χ2n) is 5.18. The van der Waals surface area contributed by atoms with Gasteiger partial charge in [0.15, 0.2) is 0 Å². The molecule has 1 N–H and O–H groups in total. The molecule has 0 saturated carbocycles. The van der Waals surface area contributed by atoms with E-state index in [-0.39, 0.29) is 11.8 Å². The molecule has 0 unspecified atom stereocenters. The van der Waals surface area contributed by atoms with Crippen molar-refractivity contribution in [1.29, 1.82) is 0 Å². The molecule has 21 heavy (non-hydrogen) atoms. The van der Waals surface area contributed by atoms with Gasteiger partial charge in [-0.25, -0.2) is 9.97 Å². The van der Waals surface area contributed by atoms with Crippen molar-refractivity contribution in [3.05, 3.63) is 18.5 Å². The zero-order chi connectivity index (χ0) is 14.9. The van der Waals surface area contributed by atoms with Gasteiger partial charge >= 0.3 is 0 Å². The fourth-order valence-corrected chi connectivity index (χ4v) is 2.50. The molecule has 6 nitrogen and oxygen atoms in total. The molecule has 1 aromatic heterocycles. The van der Waals surface area contributed by atoms with E-state index in [9.17, 15) is 4.79 Å². The van der Waals surface area contributed by atoms with Crippen molar-refractivity contribution in [3.63, 3.8) is 0 Å². The van der Waals surface area contributed by atoms with Crippen molar-refractivity contribution in [2.75, 3.05) is 37.7 Å². The van der Waals surface area contributed by atoms with Gasteiger partial charge in [0, 0.05) is 45.2 Å². The van der Waals surface area contributed by atoms with Gasteiger partial charge in [-0.3, -0.25) is 4.79 Å². The van der Waals surface area contributed by atoms with Gasteiger partial charge in [0.2, 0.25) is 11.9 Å². The normalized spacial score (nSPS) is 18.5. The van der Waals surface area contributed by atoms with Crippen LogP contribution < -0.4 is 10.2 Å². The lowest BCUT2D eigenvalue weighted by Crippen LogP contribution is -2.44. The standard InChI is InChI=1S/C15H24N4O2/c1-2-21-11-5-9-16-14(20)13-6-3-10-19(12-13)15-17-7-4-8-18-15/h4,7-8,13H,2-3,5-6,9-12H2,1H3,(H,16,20)/t13-/m0/s1. The molecule has 0 aromatic carbocycles. The minimum absolute atomic E-state index is 0.0228. The maximum absolute atomic E-state index is 12.2. The summed E-state index contributed by atoms with van der Waals surface area (Å²) in [6.45, 7) is 5.69. The van der Waals surface area contributed by atoms with E-state index in [1.165, 1.54) is 0 Å². The number of ether oxygens (including phenoxy) is 1. The summed E-state index contributed by atoms with van der Waals surface area (Å²) in [5.41, 5.74) is 0. The highest BCUT2D eigenvalue weighted by Crippen LogP contribution is 2.19. The molecule has 1 atom stereocenters. The summed E-state index contributed by atoms with van der Waals surface area (Å²) in [6.07, 6.45) is 6.26. The van der Waals surface area contributed by atoms with Crippen LogP contribution in [0.25, 0.3) is 0 Å². The van der Waals surface area contributed by atoms with Crippen molar-refractivity contribution in [2.45, 2.75) is 26.2 Å². The van der Waals surface area contributed by atoms with Crippen molar-refractivity contribution in [3.8, 4) is 0 Å². The second kappa shape index (κ2) is 8.56. The highest BCUT2D eigenvalue weighted by molar-refractivity contribution is 5.79. The molecule has 0 radical (unpaired) electrons. The van der Waals surface area contributed by atoms with E-state index < -0.39 is 0 Å². The fourth-order valence-electron chi connectivity index (χ4n) is 2.50. The average Bonchev–Trinajstić information content (AvgIpc) is 2.55. The first-order chi connectivity index (χ1) is 10.3. The second-order valence-corrected chi connectivity index (χ2v) is 5.18. The molecule has 0 aliphatic carbocycles. The largest absolute Gasteiger partial charge is 0.382 e. The first-order valence-corrected chi connectivity index (χ1v) is 7.68. The predicted molar refractivity (Wildman–Crippen MR) is 81.1 cm³/mol. The zero-order valence-corrected chi connectivity index (χ0v) is 12.6. The van der Waals surface area contributed by atoms with E-state index in [1.807, 2.05) is 6.92 Å². The lowest BCUT2D eigenvalue weighted by Gasteiger charge is -2.31. The molecule has 1 aliphatic heterocycles. The summed E-state index contributed by atoms with van der Waals surface area (Å²) in [7, 11) is 0. The Kier molecular flexibility index (Phi) is 6.40. The van der Waals surface area contributed by atoms with E-state index in [0.717, 1.165) is 32.4 Å². The molecule has 116 valence electrons. The first kappa shape index (κ1) is 15.7. The van der Waals surface area contributed by atoms with Crippen molar-refractivity contribution < 1.29 is 9.53 Å². The van der Waals surface area contributed by atoms with Crippen LogP contribution in [-0.2, 0) is 9.53 Å². The summed E-state index contributed by atoms with van der Waals surface area (Å²) in [5, 5.41) is 3.00. The van der Waals surface area contributed by atoms with Crippen LogP contribution in [0.15, 0.2) is 18.5 Å². The number of nitrogens with zero attached hydrogens (tertiary/aromatic N) is 3. The van der Waals surface area contributed by atoms with Gasteiger partial charge < -0.3 is 15.0 Å². The Hall–Kier alpha value is -1.69. The fraction of sp³-hybridized carbons (Fsp3) is 0.667. The van der Waals surface area contributed by atoms with E-state index in [4.69, 9.17) is 4.74 Å². The topological polar surface area (TPSA) is 67.3 Å². The molecular weight excluding hydrogens is 268 g/mol. The third-order valence-corrected chi connectivity index (χ3v) is 3.60. The van der Waals surface area contributed by atoms with E-state index in [1.54, 1.807) is 18.5 Å². The minimum atomic E-state index is 0.0228. The zero-order valence-electron chi connectivity index (χ0n) is 12.6. The van der Waals surface area contributed by atoms with Crippen LogP contribution in [0.2, 0.25) is 0 Å². The molecule has 0 bridgehead atoms. The van der Waals surface area contributed by atoms with E-state index >= 15 is 0 Å². The smallest absolute Gasteiger partial charge is 0.225 e. The molecule has 1 fully saturated rings. The van der Waals surface area contributed by atoms with E-state index in [2.05, 4.69) is 20.2 Å². The van der Waals surface area contributed by atoms with E-state index in [0.29, 0.717) is 25.6 Å². The maximum atomic E-state index is 12.2. The number of amides is 1. The third-order valence-electron chi connectivity index (χ3n) is 3.60. The number of rotatable bonds is 7. The number of hydrogen-bond donors (Lipinski definition) is 1. The van der Waals surface area contributed by atoms with Crippen LogP contribution in [0.1, 0.15) is 26.2 Å². The van der Waals surface area contributed by atoms with Gasteiger partial charge in [-0.1, -0.05) is 0 Å².